The van der Waals surface area contributed by atoms with Crippen LogP contribution < -0.4 is 12.4 Å². The fourth-order valence-electron chi connectivity index (χ4n) is 1.65. The summed E-state index contributed by atoms with van der Waals surface area (Å²) in [5.74, 6) is 1.62. The quantitative estimate of drug-likeness (QED) is 0.237. The predicted molar refractivity (Wildman–Crippen MR) is 128 cm³/mol. The van der Waals surface area contributed by atoms with Crippen molar-refractivity contribution in [2.45, 2.75) is 105 Å². The molecule has 0 aliphatic rings. The second-order valence-corrected chi connectivity index (χ2v) is 11.5. The largest absolute Gasteiger partial charge is 1.00 e. The summed E-state index contributed by atoms with van der Waals surface area (Å²) >= 11 is 0. The van der Waals surface area contributed by atoms with Crippen molar-refractivity contribution in [2.75, 3.05) is 28.2 Å². The molecule has 0 fully saturated rings. The summed E-state index contributed by atoms with van der Waals surface area (Å²) in [5, 5.41) is 9.14. The number of aliphatic imine (C=N–C) groups is 2. The van der Waals surface area contributed by atoms with E-state index in [1.807, 2.05) is 38.0 Å². The molecule has 0 aromatic rings. The van der Waals surface area contributed by atoms with Crippen molar-refractivity contribution in [3.05, 3.63) is 10.6 Å². The summed E-state index contributed by atoms with van der Waals surface area (Å²) in [5.41, 5.74) is -0.300. The molecule has 0 saturated carbocycles. The Kier molecular flexibility index (Phi) is 25.4. The Balaban J connectivity index is -0.0000000939. The third-order valence-electron chi connectivity index (χ3n) is 2.54. The Morgan fingerprint density at radius 2 is 0.688 bits per heavy atom. The average Bonchev–Trinajstić information content (AvgIpc) is 2.30. The molecule has 6 nitrogen and oxygen atoms in total. The van der Waals surface area contributed by atoms with E-state index < -0.39 is 0 Å². The Hall–Kier alpha value is 0.388. The van der Waals surface area contributed by atoms with Crippen LogP contribution in [0.4, 0.5) is 0 Å². The number of hydrogen-bond donors (Lipinski definition) is 0. The third-order valence-corrected chi connectivity index (χ3v) is 2.54. The van der Waals surface area contributed by atoms with E-state index >= 15 is 0 Å². The summed E-state index contributed by atoms with van der Waals surface area (Å²) in [6.45, 7) is 24.9. The van der Waals surface area contributed by atoms with E-state index in [-0.39, 0.29) is 85.8 Å². The number of halogens is 1. The summed E-state index contributed by atoms with van der Waals surface area (Å²) in [4.78, 5) is 13.0. The molecule has 0 saturated heterocycles. The Morgan fingerprint density at radius 1 is 0.500 bits per heavy atom. The summed E-state index contributed by atoms with van der Waals surface area (Å²) < 4.78 is 0. The van der Waals surface area contributed by atoms with Crippen LogP contribution in [0.25, 0.3) is 10.6 Å². The van der Waals surface area contributed by atoms with Crippen molar-refractivity contribution in [2.24, 2.45) is 9.98 Å². The number of rotatable bonds is 0. The summed E-state index contributed by atoms with van der Waals surface area (Å²) in [6, 6.07) is 0. The minimum Gasteiger partial charge on any atom is -1.00 e. The molecule has 0 aliphatic carbocycles. The maximum atomic E-state index is 4.57. The number of nitrogens with zero attached hydrogens (tertiary/aromatic N) is 6. The number of hydrogen-bond acceptors (Lipinski definition) is 2. The van der Waals surface area contributed by atoms with Gasteiger partial charge in [0.25, 0.3) is 0 Å². The predicted octanol–water partition coefficient (Wildman–Crippen LogP) is 2.75. The molecule has 0 heterocycles. The van der Waals surface area contributed by atoms with Gasteiger partial charge in [0, 0.05) is 11.9 Å². The van der Waals surface area contributed by atoms with Gasteiger partial charge in [-0.3, -0.25) is 0 Å². The third kappa shape index (κ3) is 32.6. The summed E-state index contributed by atoms with van der Waals surface area (Å²) in [7, 11) is 7.89. The molecule has 0 bridgehead atoms. The van der Waals surface area contributed by atoms with Crippen LogP contribution in [-0.4, -0.2) is 72.1 Å². The first kappa shape index (κ1) is 45.8. The Labute approximate surface area is 238 Å². The zero-order chi connectivity index (χ0) is 23.1. The van der Waals surface area contributed by atoms with Crippen molar-refractivity contribution in [1.29, 1.82) is 0 Å². The molecular weight excluding hydrogens is 574 g/mol. The van der Waals surface area contributed by atoms with Gasteiger partial charge < -0.3 is 42.8 Å². The summed E-state index contributed by atoms with van der Waals surface area (Å²) in [6.07, 6.45) is 0. The van der Waals surface area contributed by atoms with Gasteiger partial charge in [-0.1, -0.05) is 83.1 Å². The molecular formula is C22H48ClCu3N6. The van der Waals surface area contributed by atoms with Crippen LogP contribution in [0.2, 0.25) is 0 Å². The van der Waals surface area contributed by atoms with E-state index in [1.165, 1.54) is 0 Å². The van der Waals surface area contributed by atoms with Crippen molar-refractivity contribution < 1.29 is 63.6 Å². The SMILES string of the molecule is CN(C)C(=NC(C)(C)C)[N-]C(C)(C)C.CN(C)C(=NC(C)(C)C)[N-]C(C)(C)C.[Cl-].[Cu+].[Cu+].[Cu+]. The van der Waals surface area contributed by atoms with Crippen LogP contribution >= 0.6 is 0 Å². The molecule has 0 rings (SSSR count). The molecule has 10 heteroatoms. The standard InChI is InChI=1S/2C11H24N3.ClH.3Cu/c2*1-10(2,3)12-9(14(7)8)13-11(4,5)6;;;;/h2*1-8H3;1H;;;/q2*-1;;3*+1/p-1. The van der Waals surface area contributed by atoms with Gasteiger partial charge in [-0.25, -0.2) is 0 Å². The van der Waals surface area contributed by atoms with Crippen LogP contribution in [0.15, 0.2) is 9.98 Å². The maximum Gasteiger partial charge on any atom is 1.00 e. The first-order valence-electron chi connectivity index (χ1n) is 10.0. The van der Waals surface area contributed by atoms with Crippen LogP contribution in [-0.2, 0) is 51.2 Å². The first-order valence-corrected chi connectivity index (χ1v) is 10.0. The average molecular weight is 623 g/mol. The van der Waals surface area contributed by atoms with Gasteiger partial charge in [0.2, 0.25) is 0 Å². The van der Waals surface area contributed by atoms with Gasteiger partial charge in [0.1, 0.15) is 0 Å². The van der Waals surface area contributed by atoms with E-state index in [0.29, 0.717) is 0 Å². The normalized spacial score (nSPS) is 12.4. The van der Waals surface area contributed by atoms with Crippen LogP contribution in [0.1, 0.15) is 83.1 Å². The van der Waals surface area contributed by atoms with Gasteiger partial charge in [-0.15, -0.1) is 0 Å². The van der Waals surface area contributed by atoms with Gasteiger partial charge in [0.15, 0.2) is 0 Å². The molecule has 0 amide bonds. The molecule has 0 spiro atoms. The molecule has 0 aromatic carbocycles. The van der Waals surface area contributed by atoms with E-state index in [9.17, 15) is 0 Å². The second kappa shape index (κ2) is 17.8. The molecule has 0 aromatic heterocycles. The van der Waals surface area contributed by atoms with Crippen LogP contribution in [0.3, 0.4) is 0 Å². The minimum atomic E-state index is -0.0750. The molecule has 0 aliphatic heterocycles. The fraction of sp³-hybridized carbons (Fsp3) is 0.909. The van der Waals surface area contributed by atoms with E-state index in [2.05, 4.69) is 104 Å². The first-order chi connectivity index (χ1) is 12.0. The Morgan fingerprint density at radius 3 is 0.781 bits per heavy atom. The van der Waals surface area contributed by atoms with Crippen molar-refractivity contribution in [1.82, 2.24) is 9.80 Å². The van der Waals surface area contributed by atoms with Gasteiger partial charge in [0.05, 0.1) is 0 Å². The van der Waals surface area contributed by atoms with Crippen LogP contribution in [0.5, 0.6) is 0 Å². The van der Waals surface area contributed by atoms with Gasteiger partial charge in [-0.2, -0.15) is 0 Å². The van der Waals surface area contributed by atoms with E-state index in [1.54, 1.807) is 0 Å². The smallest absolute Gasteiger partial charge is 1.00 e. The fourth-order valence-corrected chi connectivity index (χ4v) is 1.65. The zero-order valence-electron chi connectivity index (χ0n) is 23.0. The second-order valence-electron chi connectivity index (χ2n) is 11.5. The molecule has 206 valence electrons. The monoisotopic (exact) mass is 620 g/mol. The Bertz CT molecular complexity index is 476. The maximum absolute atomic E-state index is 4.57. The van der Waals surface area contributed by atoms with Gasteiger partial charge in [-0.05, 0) is 50.3 Å². The van der Waals surface area contributed by atoms with E-state index in [0.717, 1.165) is 11.9 Å². The van der Waals surface area contributed by atoms with Crippen LogP contribution in [0, 0.1) is 0 Å². The van der Waals surface area contributed by atoms with E-state index in [4.69, 9.17) is 0 Å². The molecule has 0 N–H and O–H groups in total. The topological polar surface area (TPSA) is 59.4 Å². The molecule has 0 atom stereocenters. The molecule has 32 heavy (non-hydrogen) atoms. The molecule has 0 unspecified atom stereocenters. The van der Waals surface area contributed by atoms with Gasteiger partial charge >= 0.3 is 51.2 Å². The molecule has 0 radical (unpaired) electrons. The zero-order valence-corrected chi connectivity index (χ0v) is 26.5. The number of guanidine groups is 2. The van der Waals surface area contributed by atoms with Crippen molar-refractivity contribution in [3.8, 4) is 0 Å². The minimum absolute atomic E-state index is 0. The van der Waals surface area contributed by atoms with Crippen molar-refractivity contribution in [3.63, 3.8) is 0 Å². The van der Waals surface area contributed by atoms with Crippen molar-refractivity contribution >= 4 is 11.9 Å².